The lowest BCUT2D eigenvalue weighted by molar-refractivity contribution is 0.0594. The second kappa shape index (κ2) is 7.33. The molecule has 1 aliphatic heterocycles. The Morgan fingerprint density at radius 3 is 2.56 bits per heavy atom. The van der Waals surface area contributed by atoms with E-state index in [9.17, 15) is 4.79 Å². The minimum Gasteiger partial charge on any atom is -0.465 e. The summed E-state index contributed by atoms with van der Waals surface area (Å²) < 4.78 is 5.79. The van der Waals surface area contributed by atoms with E-state index in [0.29, 0.717) is 18.3 Å². The van der Waals surface area contributed by atoms with Gasteiger partial charge in [-0.05, 0) is 40.1 Å². The van der Waals surface area contributed by atoms with Crippen molar-refractivity contribution in [3.63, 3.8) is 0 Å². The third-order valence-electron chi connectivity index (χ3n) is 4.32. The molecule has 0 radical (unpaired) electrons. The molecule has 0 unspecified atom stereocenters. The molecule has 0 N–H and O–H groups in total. The van der Waals surface area contributed by atoms with E-state index >= 15 is 0 Å². The van der Waals surface area contributed by atoms with Crippen LogP contribution >= 0.6 is 22.7 Å². The summed E-state index contributed by atoms with van der Waals surface area (Å²) in [6.07, 6.45) is 1.74. The van der Waals surface area contributed by atoms with Gasteiger partial charge in [0.2, 0.25) is 0 Å². The topological polar surface area (TPSA) is 55.3 Å². The third kappa shape index (κ3) is 3.72. The first-order chi connectivity index (χ1) is 12.3. The van der Waals surface area contributed by atoms with Crippen molar-refractivity contribution >= 4 is 28.6 Å². The molecule has 7 heteroatoms. The number of hydrogen-bond acceptors (Lipinski definition) is 6. The average Bonchev–Trinajstić information content (AvgIpc) is 3.36. The smallest absolute Gasteiger partial charge is 0.294 e. The number of carbonyl (C=O) groups is 1. The van der Waals surface area contributed by atoms with Gasteiger partial charge >= 0.3 is 0 Å². The van der Waals surface area contributed by atoms with Crippen LogP contribution in [0.15, 0.2) is 46.6 Å². The van der Waals surface area contributed by atoms with E-state index < -0.39 is 0 Å². The SMILES string of the molecule is O=C(c1ccc(-c2ccsc2)cc1)N1CCC(Oc2nncs2)CC1. The molecular weight excluding hydrogens is 354 g/mol. The summed E-state index contributed by atoms with van der Waals surface area (Å²) in [5.74, 6) is 0.0891. The van der Waals surface area contributed by atoms with Gasteiger partial charge in [-0.25, -0.2) is 0 Å². The molecule has 0 atom stereocenters. The lowest BCUT2D eigenvalue weighted by atomic mass is 10.0. The zero-order valence-corrected chi connectivity index (χ0v) is 15.1. The third-order valence-corrected chi connectivity index (χ3v) is 5.59. The van der Waals surface area contributed by atoms with Gasteiger partial charge in [-0.3, -0.25) is 4.79 Å². The second-order valence-electron chi connectivity index (χ2n) is 5.90. The molecule has 1 aliphatic rings. The summed E-state index contributed by atoms with van der Waals surface area (Å²) in [5, 5.41) is 12.5. The molecule has 3 heterocycles. The number of hydrogen-bond donors (Lipinski definition) is 0. The van der Waals surface area contributed by atoms with Gasteiger partial charge in [0.25, 0.3) is 11.1 Å². The summed E-state index contributed by atoms with van der Waals surface area (Å²) in [7, 11) is 0. The van der Waals surface area contributed by atoms with Crippen LogP contribution in [0, 0.1) is 0 Å². The number of nitrogens with zero attached hydrogens (tertiary/aromatic N) is 3. The number of ether oxygens (including phenoxy) is 1. The van der Waals surface area contributed by atoms with Crippen molar-refractivity contribution in [3.8, 4) is 16.3 Å². The van der Waals surface area contributed by atoms with Crippen molar-refractivity contribution in [1.82, 2.24) is 15.1 Å². The van der Waals surface area contributed by atoms with Crippen molar-refractivity contribution in [3.05, 3.63) is 52.2 Å². The number of piperidine rings is 1. The monoisotopic (exact) mass is 371 g/mol. The van der Waals surface area contributed by atoms with E-state index in [1.54, 1.807) is 16.8 Å². The van der Waals surface area contributed by atoms with E-state index in [0.717, 1.165) is 24.0 Å². The molecule has 4 rings (SSSR count). The van der Waals surface area contributed by atoms with Crippen LogP contribution in [-0.2, 0) is 0 Å². The Morgan fingerprint density at radius 1 is 1.12 bits per heavy atom. The fourth-order valence-corrected chi connectivity index (χ4v) is 4.09. The van der Waals surface area contributed by atoms with Gasteiger partial charge in [-0.2, -0.15) is 11.3 Å². The molecule has 1 amide bonds. The standard InChI is InChI=1S/C18H17N3O2S2/c22-17(14-3-1-13(2-4-14)15-7-10-24-11-15)21-8-5-16(6-9-21)23-18-20-19-12-25-18/h1-4,7,10-12,16H,5-6,8-9H2. The van der Waals surface area contributed by atoms with Gasteiger partial charge in [-0.1, -0.05) is 23.5 Å². The van der Waals surface area contributed by atoms with E-state index in [-0.39, 0.29) is 12.0 Å². The number of thiophene rings is 1. The minimum absolute atomic E-state index is 0.0891. The van der Waals surface area contributed by atoms with Crippen LogP contribution in [0.25, 0.3) is 11.1 Å². The van der Waals surface area contributed by atoms with Crippen LogP contribution < -0.4 is 4.74 Å². The van der Waals surface area contributed by atoms with Gasteiger partial charge in [-0.15, -0.1) is 10.2 Å². The quantitative estimate of drug-likeness (QED) is 0.697. The zero-order valence-electron chi connectivity index (χ0n) is 13.5. The van der Waals surface area contributed by atoms with Crippen LogP contribution in [-0.4, -0.2) is 40.2 Å². The maximum atomic E-state index is 12.7. The lowest BCUT2D eigenvalue weighted by Crippen LogP contribution is -2.41. The molecule has 128 valence electrons. The molecule has 25 heavy (non-hydrogen) atoms. The molecule has 1 saturated heterocycles. The molecule has 0 spiro atoms. The zero-order chi connectivity index (χ0) is 17.1. The number of amides is 1. The van der Waals surface area contributed by atoms with Crippen LogP contribution in [0.4, 0.5) is 0 Å². The Labute approximate surface area is 153 Å². The molecule has 0 saturated carbocycles. The highest BCUT2D eigenvalue weighted by molar-refractivity contribution is 7.11. The summed E-state index contributed by atoms with van der Waals surface area (Å²) in [4.78, 5) is 14.6. The first-order valence-corrected chi connectivity index (χ1v) is 9.96. The van der Waals surface area contributed by atoms with Gasteiger partial charge in [0.15, 0.2) is 0 Å². The maximum absolute atomic E-state index is 12.7. The van der Waals surface area contributed by atoms with Gasteiger partial charge in [0.05, 0.1) is 0 Å². The van der Waals surface area contributed by atoms with Gasteiger partial charge in [0, 0.05) is 31.5 Å². The number of likely N-dealkylation sites (tertiary alicyclic amines) is 1. The minimum atomic E-state index is 0.0891. The lowest BCUT2D eigenvalue weighted by Gasteiger charge is -2.31. The maximum Gasteiger partial charge on any atom is 0.294 e. The molecule has 5 nitrogen and oxygen atoms in total. The van der Waals surface area contributed by atoms with Crippen LogP contribution in [0.5, 0.6) is 5.19 Å². The fourth-order valence-electron chi connectivity index (χ4n) is 2.95. The Morgan fingerprint density at radius 2 is 1.92 bits per heavy atom. The largest absolute Gasteiger partial charge is 0.465 e. The van der Waals surface area contributed by atoms with Crippen molar-refractivity contribution in [2.75, 3.05) is 13.1 Å². The Hall–Kier alpha value is -2.25. The number of benzene rings is 1. The average molecular weight is 371 g/mol. The fraction of sp³-hybridized carbons (Fsp3) is 0.278. The molecule has 3 aromatic rings. The van der Waals surface area contributed by atoms with Crippen molar-refractivity contribution in [2.45, 2.75) is 18.9 Å². The van der Waals surface area contributed by atoms with Gasteiger partial charge < -0.3 is 9.64 Å². The summed E-state index contributed by atoms with van der Waals surface area (Å²) in [6, 6.07) is 9.95. The number of rotatable bonds is 4. The first kappa shape index (κ1) is 16.2. The highest BCUT2D eigenvalue weighted by Gasteiger charge is 2.25. The van der Waals surface area contributed by atoms with Crippen molar-refractivity contribution < 1.29 is 9.53 Å². The second-order valence-corrected chi connectivity index (χ2v) is 7.48. The van der Waals surface area contributed by atoms with Crippen LogP contribution in [0.2, 0.25) is 0 Å². The number of carbonyl (C=O) groups excluding carboxylic acids is 1. The molecular formula is C18H17N3O2S2. The normalized spacial score (nSPS) is 15.3. The molecule has 0 bridgehead atoms. The number of aromatic nitrogens is 2. The molecule has 2 aromatic heterocycles. The summed E-state index contributed by atoms with van der Waals surface area (Å²) >= 11 is 3.07. The predicted molar refractivity (Wildman–Crippen MR) is 99.2 cm³/mol. The van der Waals surface area contributed by atoms with Crippen LogP contribution in [0.1, 0.15) is 23.2 Å². The highest BCUT2D eigenvalue weighted by atomic mass is 32.1. The van der Waals surface area contributed by atoms with E-state index in [1.165, 1.54) is 16.9 Å². The van der Waals surface area contributed by atoms with Crippen LogP contribution in [0.3, 0.4) is 0 Å². The first-order valence-electron chi connectivity index (χ1n) is 8.14. The summed E-state index contributed by atoms with van der Waals surface area (Å²) in [5.41, 5.74) is 4.73. The van der Waals surface area contributed by atoms with Crippen molar-refractivity contribution in [2.24, 2.45) is 0 Å². The van der Waals surface area contributed by atoms with Gasteiger partial charge in [0.1, 0.15) is 11.6 Å². The van der Waals surface area contributed by atoms with E-state index in [2.05, 4.69) is 27.0 Å². The molecule has 0 aliphatic carbocycles. The predicted octanol–water partition coefficient (Wildman–Crippen LogP) is 3.95. The van der Waals surface area contributed by atoms with E-state index in [4.69, 9.17) is 4.74 Å². The Kier molecular flexibility index (Phi) is 4.76. The molecule has 1 fully saturated rings. The summed E-state index contributed by atoms with van der Waals surface area (Å²) in [6.45, 7) is 1.41. The van der Waals surface area contributed by atoms with Crippen molar-refractivity contribution in [1.29, 1.82) is 0 Å². The Bertz CT molecular complexity index is 809. The molecule has 1 aromatic carbocycles. The highest BCUT2D eigenvalue weighted by Crippen LogP contribution is 2.24. The Balaban J connectivity index is 1.35. The van der Waals surface area contributed by atoms with E-state index in [1.807, 2.05) is 29.2 Å².